The van der Waals surface area contributed by atoms with Crippen LogP contribution in [0.3, 0.4) is 0 Å². The standard InChI is InChI=1S/C41H24S/c1-5-17-33-28(12-1)29-13-2-6-18-34(29)41(33)35-19-7-3-15-31(35)40-27(16-10-20-36(40)41)26-23-25-11-9-22-38-39(25)32(24-26)30-14-4-8-21-37(30)42-38/h1-24H. The Morgan fingerprint density at radius 3 is 1.69 bits per heavy atom. The fourth-order valence-corrected chi connectivity index (χ4v) is 9.28. The summed E-state index contributed by atoms with van der Waals surface area (Å²) in [4.78, 5) is 2.67. The van der Waals surface area contributed by atoms with E-state index in [1.54, 1.807) is 0 Å². The van der Waals surface area contributed by atoms with Gasteiger partial charge in [0, 0.05) is 15.2 Å². The van der Waals surface area contributed by atoms with Crippen molar-refractivity contribution in [3.05, 3.63) is 168 Å². The smallest absolute Gasteiger partial charge is 0.0725 e. The van der Waals surface area contributed by atoms with E-state index in [4.69, 9.17) is 0 Å². The molecule has 42 heavy (non-hydrogen) atoms. The molecule has 1 heteroatoms. The van der Waals surface area contributed by atoms with Gasteiger partial charge in [-0.15, -0.1) is 0 Å². The van der Waals surface area contributed by atoms with Gasteiger partial charge >= 0.3 is 0 Å². The summed E-state index contributed by atoms with van der Waals surface area (Å²) in [5.74, 6) is 0. The number of hydrogen-bond acceptors (Lipinski definition) is 1. The van der Waals surface area contributed by atoms with Crippen molar-refractivity contribution in [1.29, 1.82) is 0 Å². The summed E-state index contributed by atoms with van der Waals surface area (Å²) < 4.78 is 0. The minimum absolute atomic E-state index is 0.323. The summed E-state index contributed by atoms with van der Waals surface area (Å²) in [7, 11) is 0. The predicted octanol–water partition coefficient (Wildman–Crippen LogP) is 11.0. The zero-order chi connectivity index (χ0) is 27.4. The molecule has 0 amide bonds. The van der Waals surface area contributed by atoms with Crippen molar-refractivity contribution in [2.45, 2.75) is 15.2 Å². The van der Waals surface area contributed by atoms with E-state index in [0.29, 0.717) is 0 Å². The molecule has 0 fully saturated rings. The Kier molecular flexibility index (Phi) is 4.41. The molecular weight excluding hydrogens is 525 g/mol. The first-order valence-electron chi connectivity index (χ1n) is 14.6. The van der Waals surface area contributed by atoms with E-state index in [1.807, 2.05) is 11.8 Å². The van der Waals surface area contributed by atoms with Crippen molar-refractivity contribution in [3.63, 3.8) is 0 Å². The van der Waals surface area contributed by atoms with Crippen LogP contribution in [0, 0.1) is 0 Å². The Labute approximate surface area is 249 Å². The molecule has 0 nitrogen and oxygen atoms in total. The fraction of sp³-hybridized carbons (Fsp3) is 0.0244. The summed E-state index contributed by atoms with van der Waals surface area (Å²) in [5.41, 5.74) is 15.9. The molecular formula is C41H24S. The molecule has 10 rings (SSSR count). The van der Waals surface area contributed by atoms with Gasteiger partial charge in [-0.05, 0) is 96.4 Å². The number of rotatable bonds is 1. The summed E-state index contributed by atoms with van der Waals surface area (Å²) in [6, 6.07) is 54.7. The molecule has 0 atom stereocenters. The monoisotopic (exact) mass is 548 g/mol. The van der Waals surface area contributed by atoms with Gasteiger partial charge in [0.15, 0.2) is 0 Å². The topological polar surface area (TPSA) is 0 Å². The molecule has 3 aliphatic rings. The Morgan fingerprint density at radius 1 is 0.381 bits per heavy atom. The maximum Gasteiger partial charge on any atom is 0.0725 e. The molecule has 0 bridgehead atoms. The van der Waals surface area contributed by atoms with E-state index in [1.165, 1.54) is 87.3 Å². The van der Waals surface area contributed by atoms with Crippen LogP contribution < -0.4 is 0 Å². The van der Waals surface area contributed by atoms with Crippen LogP contribution in [0.2, 0.25) is 0 Å². The third kappa shape index (κ3) is 2.70. The SMILES string of the molecule is c1ccc2c(c1)Sc1cccc3cc(-c4cccc5c4-c4ccccc4C54c5ccccc5-c5ccccc54)cc-2c13. The Bertz CT molecular complexity index is 2240. The first kappa shape index (κ1) is 22.8. The third-order valence-electron chi connectivity index (χ3n) is 9.67. The first-order chi connectivity index (χ1) is 20.8. The molecule has 7 aromatic rings. The van der Waals surface area contributed by atoms with Gasteiger partial charge in [0.25, 0.3) is 0 Å². The van der Waals surface area contributed by atoms with Crippen molar-refractivity contribution in [3.8, 4) is 44.5 Å². The molecule has 1 aliphatic heterocycles. The van der Waals surface area contributed by atoms with Crippen molar-refractivity contribution in [2.75, 3.05) is 0 Å². The second kappa shape index (κ2) is 8.12. The number of benzene rings is 7. The van der Waals surface area contributed by atoms with Crippen LogP contribution in [-0.2, 0) is 5.41 Å². The molecule has 0 unspecified atom stereocenters. The molecule has 1 heterocycles. The van der Waals surface area contributed by atoms with Crippen molar-refractivity contribution in [2.24, 2.45) is 0 Å². The van der Waals surface area contributed by atoms with Gasteiger partial charge in [-0.1, -0.05) is 133 Å². The predicted molar refractivity (Wildman–Crippen MR) is 175 cm³/mol. The quantitative estimate of drug-likeness (QED) is 0.197. The lowest BCUT2D eigenvalue weighted by molar-refractivity contribution is 0.794. The van der Waals surface area contributed by atoms with Gasteiger partial charge < -0.3 is 0 Å². The zero-order valence-electron chi connectivity index (χ0n) is 22.8. The van der Waals surface area contributed by atoms with Crippen molar-refractivity contribution >= 4 is 22.5 Å². The summed E-state index contributed by atoms with van der Waals surface area (Å²) >= 11 is 1.89. The average molecular weight is 549 g/mol. The Hall–Kier alpha value is -4.85. The number of hydrogen-bond donors (Lipinski definition) is 0. The molecule has 1 spiro atoms. The fourth-order valence-electron chi connectivity index (χ4n) is 8.13. The zero-order valence-corrected chi connectivity index (χ0v) is 23.6. The van der Waals surface area contributed by atoms with Gasteiger partial charge in [0.2, 0.25) is 0 Å². The lowest BCUT2D eigenvalue weighted by Crippen LogP contribution is -2.25. The van der Waals surface area contributed by atoms with Gasteiger partial charge in [-0.2, -0.15) is 0 Å². The van der Waals surface area contributed by atoms with E-state index in [2.05, 4.69) is 146 Å². The highest BCUT2D eigenvalue weighted by Crippen LogP contribution is 2.64. The summed E-state index contributed by atoms with van der Waals surface area (Å²) in [6.45, 7) is 0. The Morgan fingerprint density at radius 2 is 0.929 bits per heavy atom. The van der Waals surface area contributed by atoms with Crippen LogP contribution in [0.15, 0.2) is 155 Å². The lowest BCUT2D eigenvalue weighted by Gasteiger charge is -2.30. The van der Waals surface area contributed by atoms with E-state index < -0.39 is 0 Å². The molecule has 0 saturated carbocycles. The van der Waals surface area contributed by atoms with Crippen molar-refractivity contribution < 1.29 is 0 Å². The van der Waals surface area contributed by atoms with Crippen LogP contribution in [0.25, 0.3) is 55.3 Å². The molecule has 2 aliphatic carbocycles. The van der Waals surface area contributed by atoms with Gasteiger partial charge in [-0.25, -0.2) is 0 Å². The van der Waals surface area contributed by atoms with Crippen LogP contribution in [0.1, 0.15) is 22.3 Å². The highest BCUT2D eigenvalue weighted by molar-refractivity contribution is 7.99. The normalized spacial score (nSPS) is 14.3. The van der Waals surface area contributed by atoms with Crippen LogP contribution in [0.5, 0.6) is 0 Å². The van der Waals surface area contributed by atoms with Crippen molar-refractivity contribution in [1.82, 2.24) is 0 Å². The molecule has 0 aromatic heterocycles. The van der Waals surface area contributed by atoms with E-state index in [-0.39, 0.29) is 5.41 Å². The second-order valence-electron chi connectivity index (χ2n) is 11.6. The van der Waals surface area contributed by atoms with Crippen LogP contribution >= 0.6 is 11.8 Å². The molecule has 0 N–H and O–H groups in total. The first-order valence-corrected chi connectivity index (χ1v) is 15.4. The lowest BCUT2D eigenvalue weighted by atomic mass is 9.70. The molecule has 194 valence electrons. The molecule has 7 aromatic carbocycles. The van der Waals surface area contributed by atoms with Gasteiger partial charge in [0.05, 0.1) is 5.41 Å². The molecule has 0 radical (unpaired) electrons. The van der Waals surface area contributed by atoms with E-state index in [0.717, 1.165) is 0 Å². The second-order valence-corrected chi connectivity index (χ2v) is 12.7. The third-order valence-corrected chi connectivity index (χ3v) is 10.8. The average Bonchev–Trinajstić information content (AvgIpc) is 3.52. The van der Waals surface area contributed by atoms with E-state index >= 15 is 0 Å². The minimum atomic E-state index is -0.323. The maximum absolute atomic E-state index is 2.45. The minimum Gasteiger partial charge on any atom is -0.0888 e. The Balaban J connectivity index is 1.32. The number of fused-ring (bicyclic) bond motifs is 12. The van der Waals surface area contributed by atoms with Gasteiger partial charge in [0.1, 0.15) is 0 Å². The maximum atomic E-state index is 2.45. The van der Waals surface area contributed by atoms with Gasteiger partial charge in [-0.3, -0.25) is 0 Å². The van der Waals surface area contributed by atoms with Crippen LogP contribution in [-0.4, -0.2) is 0 Å². The van der Waals surface area contributed by atoms with E-state index in [9.17, 15) is 0 Å². The highest BCUT2D eigenvalue weighted by atomic mass is 32.2. The summed E-state index contributed by atoms with van der Waals surface area (Å²) in [6.07, 6.45) is 0. The highest BCUT2D eigenvalue weighted by Gasteiger charge is 2.51. The largest absolute Gasteiger partial charge is 0.0888 e. The molecule has 0 saturated heterocycles. The van der Waals surface area contributed by atoms with Crippen LogP contribution in [0.4, 0.5) is 0 Å². The summed E-state index contributed by atoms with van der Waals surface area (Å²) in [5, 5.41) is 2.67.